The number of imide groups is 1. The predicted octanol–water partition coefficient (Wildman–Crippen LogP) is 5.56. The number of halogens is 1. The second-order valence-corrected chi connectivity index (χ2v) is 9.46. The van der Waals surface area contributed by atoms with Crippen molar-refractivity contribution >= 4 is 33.7 Å². The van der Waals surface area contributed by atoms with E-state index in [4.69, 9.17) is 0 Å². The summed E-state index contributed by atoms with van der Waals surface area (Å²) in [6, 6.07) is 31.9. The van der Waals surface area contributed by atoms with Crippen molar-refractivity contribution in [2.45, 2.75) is 18.5 Å². The van der Waals surface area contributed by atoms with Crippen LogP contribution in [0.25, 0.3) is 0 Å². The summed E-state index contributed by atoms with van der Waals surface area (Å²) >= 11 is 3.61. The number of amides is 3. The van der Waals surface area contributed by atoms with E-state index in [-0.39, 0.29) is 6.42 Å². The minimum atomic E-state index is -1.02. The van der Waals surface area contributed by atoms with Crippen LogP contribution >= 0.6 is 15.9 Å². The standard InChI is InChI=1S/C30H23BrN2O3/c31-25-18-10-9-17-24(25)27(21-13-5-2-6-14-21)32-28(34)26(19-20-11-3-1-4-12-20)33-29(35)22-15-7-8-16-23(22)30(33)36/h1-18,26-27H,19H2,(H,32,34)/t26-,27+/m1/s1. The topological polar surface area (TPSA) is 66.5 Å². The van der Waals surface area contributed by atoms with Crippen LogP contribution in [0.2, 0.25) is 0 Å². The molecule has 5 rings (SSSR count). The molecule has 1 aliphatic heterocycles. The highest BCUT2D eigenvalue weighted by atomic mass is 79.9. The number of carbonyl (C=O) groups excluding carboxylic acids is 3. The number of nitrogens with one attached hydrogen (secondary N) is 1. The number of fused-ring (bicyclic) bond motifs is 1. The van der Waals surface area contributed by atoms with E-state index in [0.29, 0.717) is 11.1 Å². The predicted molar refractivity (Wildman–Crippen MR) is 141 cm³/mol. The maximum atomic E-state index is 14.0. The zero-order valence-corrected chi connectivity index (χ0v) is 20.9. The molecule has 178 valence electrons. The minimum absolute atomic E-state index is 0.204. The molecule has 1 aliphatic rings. The van der Waals surface area contributed by atoms with Gasteiger partial charge in [-0.15, -0.1) is 0 Å². The van der Waals surface area contributed by atoms with Gasteiger partial charge in [0.25, 0.3) is 11.8 Å². The monoisotopic (exact) mass is 538 g/mol. The second kappa shape index (κ2) is 10.3. The quantitative estimate of drug-likeness (QED) is 0.313. The third-order valence-electron chi connectivity index (χ3n) is 6.35. The molecule has 36 heavy (non-hydrogen) atoms. The van der Waals surface area contributed by atoms with Crippen molar-refractivity contribution in [2.24, 2.45) is 0 Å². The number of benzene rings is 4. The molecular weight excluding hydrogens is 516 g/mol. The fourth-order valence-electron chi connectivity index (χ4n) is 4.56. The minimum Gasteiger partial charge on any atom is -0.343 e. The van der Waals surface area contributed by atoms with Crippen LogP contribution in [0.15, 0.2) is 114 Å². The molecule has 0 saturated carbocycles. The number of carbonyl (C=O) groups is 3. The molecule has 0 radical (unpaired) electrons. The van der Waals surface area contributed by atoms with Crippen molar-refractivity contribution < 1.29 is 14.4 Å². The molecule has 0 saturated heterocycles. The zero-order valence-electron chi connectivity index (χ0n) is 19.3. The van der Waals surface area contributed by atoms with Crippen LogP contribution in [-0.2, 0) is 11.2 Å². The SMILES string of the molecule is O=C(N[C@@H](c1ccccc1)c1ccccc1Br)[C@@H](Cc1ccccc1)N1C(=O)c2ccccc2C1=O. The first kappa shape index (κ1) is 23.7. The van der Waals surface area contributed by atoms with Gasteiger partial charge in [-0.05, 0) is 34.9 Å². The smallest absolute Gasteiger partial charge is 0.262 e. The molecule has 1 N–H and O–H groups in total. The van der Waals surface area contributed by atoms with Gasteiger partial charge in [-0.25, -0.2) is 0 Å². The number of rotatable bonds is 7. The van der Waals surface area contributed by atoms with Crippen LogP contribution in [0.5, 0.6) is 0 Å². The average Bonchev–Trinajstić information content (AvgIpc) is 3.17. The van der Waals surface area contributed by atoms with E-state index in [9.17, 15) is 14.4 Å². The zero-order chi connectivity index (χ0) is 25.1. The molecule has 0 aliphatic carbocycles. The normalized spacial score (nSPS) is 14.3. The van der Waals surface area contributed by atoms with Gasteiger partial charge < -0.3 is 5.32 Å². The van der Waals surface area contributed by atoms with Gasteiger partial charge in [-0.3, -0.25) is 19.3 Å². The van der Waals surface area contributed by atoms with Gasteiger partial charge in [0.05, 0.1) is 17.2 Å². The summed E-state index contributed by atoms with van der Waals surface area (Å²) in [6.07, 6.45) is 0.204. The van der Waals surface area contributed by atoms with Crippen LogP contribution in [0, 0.1) is 0 Å². The van der Waals surface area contributed by atoms with Gasteiger partial charge in [0.1, 0.15) is 6.04 Å². The Labute approximate surface area is 217 Å². The maximum absolute atomic E-state index is 14.0. The van der Waals surface area contributed by atoms with E-state index in [0.717, 1.165) is 26.1 Å². The molecule has 4 aromatic carbocycles. The summed E-state index contributed by atoms with van der Waals surface area (Å²) in [5.41, 5.74) is 3.25. The first-order chi connectivity index (χ1) is 17.5. The summed E-state index contributed by atoms with van der Waals surface area (Å²) in [4.78, 5) is 41.8. The molecule has 0 fully saturated rings. The molecule has 0 aromatic heterocycles. The van der Waals surface area contributed by atoms with Gasteiger partial charge in [0.2, 0.25) is 5.91 Å². The highest BCUT2D eigenvalue weighted by Gasteiger charge is 2.43. The van der Waals surface area contributed by atoms with Crippen molar-refractivity contribution in [2.75, 3.05) is 0 Å². The Morgan fingerprint density at radius 2 is 1.25 bits per heavy atom. The van der Waals surface area contributed by atoms with Crippen molar-refractivity contribution in [3.8, 4) is 0 Å². The second-order valence-electron chi connectivity index (χ2n) is 8.61. The van der Waals surface area contributed by atoms with Gasteiger partial charge in [0.15, 0.2) is 0 Å². The highest BCUT2D eigenvalue weighted by molar-refractivity contribution is 9.10. The van der Waals surface area contributed by atoms with Crippen molar-refractivity contribution in [3.05, 3.63) is 141 Å². The van der Waals surface area contributed by atoms with Gasteiger partial charge in [-0.2, -0.15) is 0 Å². The third kappa shape index (κ3) is 4.60. The Hall–Kier alpha value is -4.03. The lowest BCUT2D eigenvalue weighted by Gasteiger charge is -2.29. The molecule has 1 heterocycles. The lowest BCUT2D eigenvalue weighted by molar-refractivity contribution is -0.125. The van der Waals surface area contributed by atoms with Crippen molar-refractivity contribution in [1.29, 1.82) is 0 Å². The summed E-state index contributed by atoms with van der Waals surface area (Å²) in [7, 11) is 0. The Kier molecular flexibility index (Phi) is 6.78. The van der Waals surface area contributed by atoms with E-state index in [2.05, 4.69) is 21.2 Å². The third-order valence-corrected chi connectivity index (χ3v) is 7.07. The van der Waals surface area contributed by atoms with Gasteiger partial charge in [-0.1, -0.05) is 107 Å². The van der Waals surface area contributed by atoms with E-state index in [1.54, 1.807) is 24.3 Å². The molecule has 6 heteroatoms. The average molecular weight is 539 g/mol. The summed E-state index contributed by atoms with van der Waals surface area (Å²) in [6.45, 7) is 0. The first-order valence-electron chi connectivity index (χ1n) is 11.6. The van der Waals surface area contributed by atoms with E-state index < -0.39 is 29.8 Å². The molecule has 3 amide bonds. The number of hydrogen-bond acceptors (Lipinski definition) is 3. The largest absolute Gasteiger partial charge is 0.343 e. The Bertz CT molecular complexity index is 1390. The molecule has 0 unspecified atom stereocenters. The number of hydrogen-bond donors (Lipinski definition) is 1. The fourth-order valence-corrected chi connectivity index (χ4v) is 5.08. The number of nitrogens with zero attached hydrogens (tertiary/aromatic N) is 1. The highest BCUT2D eigenvalue weighted by Crippen LogP contribution is 2.30. The Morgan fingerprint density at radius 1 is 0.722 bits per heavy atom. The van der Waals surface area contributed by atoms with Crippen LogP contribution in [0.4, 0.5) is 0 Å². The van der Waals surface area contributed by atoms with Gasteiger partial charge in [0, 0.05) is 10.9 Å². The Balaban J connectivity index is 1.53. The van der Waals surface area contributed by atoms with Crippen molar-refractivity contribution in [3.63, 3.8) is 0 Å². The van der Waals surface area contributed by atoms with Crippen molar-refractivity contribution in [1.82, 2.24) is 10.2 Å². The molecule has 2 atom stereocenters. The summed E-state index contributed by atoms with van der Waals surface area (Å²) in [5.74, 6) is -1.31. The van der Waals surface area contributed by atoms with Gasteiger partial charge >= 0.3 is 0 Å². The lowest BCUT2D eigenvalue weighted by atomic mass is 9.97. The van der Waals surface area contributed by atoms with E-state index in [1.165, 1.54) is 0 Å². The molecule has 4 aromatic rings. The molecule has 0 spiro atoms. The molecule has 0 bridgehead atoms. The van der Waals surface area contributed by atoms with Crippen LogP contribution in [0.1, 0.15) is 43.4 Å². The van der Waals surface area contributed by atoms with Crippen LogP contribution in [0.3, 0.4) is 0 Å². The lowest BCUT2D eigenvalue weighted by Crippen LogP contribution is -2.51. The van der Waals surface area contributed by atoms with Crippen LogP contribution < -0.4 is 5.32 Å². The van der Waals surface area contributed by atoms with Crippen LogP contribution in [-0.4, -0.2) is 28.7 Å². The van der Waals surface area contributed by atoms with E-state index in [1.807, 2.05) is 84.9 Å². The summed E-state index contributed by atoms with van der Waals surface area (Å²) in [5, 5.41) is 3.14. The summed E-state index contributed by atoms with van der Waals surface area (Å²) < 4.78 is 0.847. The molecule has 5 nitrogen and oxygen atoms in total. The maximum Gasteiger partial charge on any atom is 0.262 e. The fraction of sp³-hybridized carbons (Fsp3) is 0.100. The molecular formula is C30H23BrN2O3. The Morgan fingerprint density at radius 3 is 1.86 bits per heavy atom. The first-order valence-corrected chi connectivity index (χ1v) is 12.4. The van der Waals surface area contributed by atoms with E-state index >= 15 is 0 Å².